The Morgan fingerprint density at radius 2 is 1.81 bits per heavy atom. The first kappa shape index (κ1) is 15.7. The zero-order valence-corrected chi connectivity index (χ0v) is 13.8. The maximum absolute atomic E-state index is 12.2. The number of rotatable bonds is 2. The van der Waals surface area contributed by atoms with Crippen molar-refractivity contribution in [3.8, 4) is 0 Å². The fraction of sp³-hybridized carbons (Fsp3) is 0.688. The van der Waals surface area contributed by atoms with Gasteiger partial charge in [0, 0.05) is 30.2 Å². The molecule has 1 aromatic rings. The molecule has 1 amide bonds. The summed E-state index contributed by atoms with van der Waals surface area (Å²) >= 11 is 0. The first-order valence-corrected chi connectivity index (χ1v) is 7.42. The number of hydrogen-bond donors (Lipinski definition) is 1. The van der Waals surface area contributed by atoms with E-state index in [1.807, 2.05) is 52.3 Å². The van der Waals surface area contributed by atoms with Crippen molar-refractivity contribution in [1.82, 2.24) is 9.78 Å². The molecule has 5 nitrogen and oxygen atoms in total. The maximum Gasteiger partial charge on any atom is 0.230 e. The van der Waals surface area contributed by atoms with Gasteiger partial charge in [0.2, 0.25) is 5.91 Å². The van der Waals surface area contributed by atoms with Gasteiger partial charge in [0.15, 0.2) is 0 Å². The Balaban J connectivity index is 2.30. The van der Waals surface area contributed by atoms with Gasteiger partial charge in [0.05, 0.1) is 11.2 Å². The summed E-state index contributed by atoms with van der Waals surface area (Å²) in [5.41, 5.74) is 0.209. The van der Waals surface area contributed by atoms with E-state index in [9.17, 15) is 9.59 Å². The van der Waals surface area contributed by atoms with E-state index in [1.54, 1.807) is 0 Å². The predicted octanol–water partition coefficient (Wildman–Crippen LogP) is 3.07. The average molecular weight is 291 g/mol. The molecule has 2 rings (SSSR count). The van der Waals surface area contributed by atoms with Crippen LogP contribution in [0.15, 0.2) is 6.07 Å². The highest BCUT2D eigenvalue weighted by Gasteiger charge is 2.33. The number of nitrogens with zero attached hydrogens (tertiary/aromatic N) is 2. The molecule has 0 aliphatic heterocycles. The van der Waals surface area contributed by atoms with E-state index in [0.29, 0.717) is 18.7 Å². The molecule has 1 aliphatic carbocycles. The molecule has 0 bridgehead atoms. The second-order valence-corrected chi connectivity index (χ2v) is 7.89. The van der Waals surface area contributed by atoms with E-state index < -0.39 is 5.41 Å². The summed E-state index contributed by atoms with van der Waals surface area (Å²) in [6, 6.07) is 1.91. The van der Waals surface area contributed by atoms with Crippen molar-refractivity contribution >= 4 is 17.5 Å². The number of Topliss-reactive ketones (excluding diaryl/α,β-unsaturated/α-hetero) is 1. The molecular weight excluding hydrogens is 266 g/mol. The van der Waals surface area contributed by atoms with Gasteiger partial charge in [0.25, 0.3) is 0 Å². The molecule has 116 valence electrons. The summed E-state index contributed by atoms with van der Waals surface area (Å²) < 4.78 is 1.84. The van der Waals surface area contributed by atoms with Crippen molar-refractivity contribution in [2.45, 2.75) is 65.8 Å². The zero-order chi connectivity index (χ0) is 16.0. The SMILES string of the molecule is CC(C)(C)C(=O)Nc1cc(C2CC(=O)C2)nn1C(C)(C)C. The fourth-order valence-corrected chi connectivity index (χ4v) is 2.20. The lowest BCUT2D eigenvalue weighted by Crippen LogP contribution is -2.32. The summed E-state index contributed by atoms with van der Waals surface area (Å²) in [6.45, 7) is 11.8. The lowest BCUT2D eigenvalue weighted by atomic mass is 9.82. The smallest absolute Gasteiger partial charge is 0.230 e. The van der Waals surface area contributed by atoms with Crippen molar-refractivity contribution < 1.29 is 9.59 Å². The lowest BCUT2D eigenvalue weighted by molar-refractivity contribution is -0.125. The number of hydrogen-bond acceptors (Lipinski definition) is 3. The van der Waals surface area contributed by atoms with Crippen LogP contribution in [0.5, 0.6) is 0 Å². The van der Waals surface area contributed by atoms with E-state index in [1.165, 1.54) is 0 Å². The minimum Gasteiger partial charge on any atom is -0.310 e. The van der Waals surface area contributed by atoms with Crippen LogP contribution in [0.3, 0.4) is 0 Å². The van der Waals surface area contributed by atoms with Crippen molar-refractivity contribution in [2.24, 2.45) is 5.41 Å². The Hall–Kier alpha value is -1.65. The van der Waals surface area contributed by atoms with Gasteiger partial charge in [-0.15, -0.1) is 0 Å². The van der Waals surface area contributed by atoms with Crippen LogP contribution >= 0.6 is 0 Å². The highest BCUT2D eigenvalue weighted by molar-refractivity contribution is 5.94. The first-order valence-electron chi connectivity index (χ1n) is 7.42. The normalized spacial score (nSPS) is 16.8. The van der Waals surface area contributed by atoms with Gasteiger partial charge in [-0.25, -0.2) is 4.68 Å². The molecule has 1 aromatic heterocycles. The molecule has 0 unspecified atom stereocenters. The topological polar surface area (TPSA) is 64.0 Å². The Morgan fingerprint density at radius 3 is 2.24 bits per heavy atom. The number of ketones is 1. The van der Waals surface area contributed by atoms with Crippen LogP contribution in [0.1, 0.15) is 66.0 Å². The molecule has 0 atom stereocenters. The molecular formula is C16H25N3O2. The molecule has 0 radical (unpaired) electrons. The average Bonchev–Trinajstić information content (AvgIpc) is 2.66. The second kappa shape index (κ2) is 4.97. The van der Waals surface area contributed by atoms with Gasteiger partial charge in [-0.1, -0.05) is 20.8 Å². The van der Waals surface area contributed by atoms with Crippen LogP contribution in [0.4, 0.5) is 5.82 Å². The van der Waals surface area contributed by atoms with Gasteiger partial charge >= 0.3 is 0 Å². The number of aromatic nitrogens is 2. The Kier molecular flexibility index (Phi) is 3.72. The molecule has 0 spiro atoms. The number of amides is 1. The number of carbonyl (C=O) groups excluding carboxylic acids is 2. The molecule has 1 saturated carbocycles. The van der Waals surface area contributed by atoms with Crippen LogP contribution in [0, 0.1) is 5.41 Å². The lowest BCUT2D eigenvalue weighted by Gasteiger charge is -2.25. The minimum absolute atomic E-state index is 0.0378. The number of nitrogens with one attached hydrogen (secondary N) is 1. The summed E-state index contributed by atoms with van der Waals surface area (Å²) in [4.78, 5) is 23.4. The molecule has 1 aliphatic rings. The monoisotopic (exact) mass is 291 g/mol. The van der Waals surface area contributed by atoms with E-state index in [4.69, 9.17) is 0 Å². The fourth-order valence-electron chi connectivity index (χ4n) is 2.20. The number of anilines is 1. The van der Waals surface area contributed by atoms with Crippen molar-refractivity contribution in [1.29, 1.82) is 0 Å². The standard InChI is InChI=1S/C16H25N3O2/c1-15(2,3)14(21)17-13-9-12(10-7-11(20)8-10)18-19(13)16(4,5)6/h9-10H,7-8H2,1-6H3,(H,17,21). The molecule has 21 heavy (non-hydrogen) atoms. The third-order valence-corrected chi connectivity index (χ3v) is 3.65. The van der Waals surface area contributed by atoms with Gasteiger partial charge in [-0.2, -0.15) is 5.10 Å². The molecule has 0 aromatic carbocycles. The Bertz CT molecular complexity index is 565. The van der Waals surface area contributed by atoms with Crippen LogP contribution < -0.4 is 5.32 Å². The van der Waals surface area contributed by atoms with Crippen LogP contribution in [0.25, 0.3) is 0 Å². The Labute approximate surface area is 126 Å². The van der Waals surface area contributed by atoms with Gasteiger partial charge < -0.3 is 5.32 Å². The molecule has 0 saturated heterocycles. The van der Waals surface area contributed by atoms with Gasteiger partial charge in [0.1, 0.15) is 11.6 Å². The summed E-state index contributed by atoms with van der Waals surface area (Å²) in [6.07, 6.45) is 1.13. The summed E-state index contributed by atoms with van der Waals surface area (Å²) in [5.74, 6) is 1.15. The molecule has 1 fully saturated rings. The highest BCUT2D eigenvalue weighted by atomic mass is 16.2. The first-order chi connectivity index (χ1) is 9.48. The third-order valence-electron chi connectivity index (χ3n) is 3.65. The van der Waals surface area contributed by atoms with Crippen LogP contribution in [0.2, 0.25) is 0 Å². The highest BCUT2D eigenvalue weighted by Crippen LogP contribution is 2.35. The molecule has 5 heteroatoms. The van der Waals surface area contributed by atoms with Gasteiger partial charge in [-0.3, -0.25) is 9.59 Å². The second-order valence-electron chi connectivity index (χ2n) is 7.89. The predicted molar refractivity (Wildman–Crippen MR) is 82.3 cm³/mol. The maximum atomic E-state index is 12.2. The zero-order valence-electron chi connectivity index (χ0n) is 13.8. The Morgan fingerprint density at radius 1 is 1.24 bits per heavy atom. The molecule has 1 heterocycles. The van der Waals surface area contributed by atoms with Crippen LogP contribution in [-0.2, 0) is 15.1 Å². The number of carbonyl (C=O) groups is 2. The van der Waals surface area contributed by atoms with Crippen molar-refractivity contribution in [3.63, 3.8) is 0 Å². The quantitative estimate of drug-likeness (QED) is 0.910. The van der Waals surface area contributed by atoms with E-state index >= 15 is 0 Å². The van der Waals surface area contributed by atoms with E-state index in [2.05, 4.69) is 10.4 Å². The van der Waals surface area contributed by atoms with E-state index in [-0.39, 0.29) is 23.1 Å². The van der Waals surface area contributed by atoms with E-state index in [0.717, 1.165) is 5.69 Å². The largest absolute Gasteiger partial charge is 0.310 e. The minimum atomic E-state index is -0.459. The van der Waals surface area contributed by atoms with Crippen LogP contribution in [-0.4, -0.2) is 21.5 Å². The van der Waals surface area contributed by atoms with Crippen molar-refractivity contribution in [2.75, 3.05) is 5.32 Å². The summed E-state index contributed by atoms with van der Waals surface area (Å²) in [7, 11) is 0. The third kappa shape index (κ3) is 3.34. The molecule has 1 N–H and O–H groups in total. The van der Waals surface area contributed by atoms with Crippen molar-refractivity contribution in [3.05, 3.63) is 11.8 Å². The van der Waals surface area contributed by atoms with Gasteiger partial charge in [-0.05, 0) is 20.8 Å². The summed E-state index contributed by atoms with van der Waals surface area (Å²) in [5, 5.41) is 7.59.